The first-order chi connectivity index (χ1) is 23.1. The van der Waals surface area contributed by atoms with E-state index < -0.39 is 35.5 Å². The molecule has 48 heavy (non-hydrogen) atoms. The van der Waals surface area contributed by atoms with Gasteiger partial charge in [-0.2, -0.15) is 0 Å². The molecule has 2 aliphatic heterocycles. The van der Waals surface area contributed by atoms with Gasteiger partial charge in [0.15, 0.2) is 11.5 Å². The average Bonchev–Trinajstić information content (AvgIpc) is 3.47. The van der Waals surface area contributed by atoms with Crippen LogP contribution in [-0.2, 0) is 32.0 Å². The zero-order valence-electron chi connectivity index (χ0n) is 26.2. The van der Waals surface area contributed by atoms with Gasteiger partial charge in [0.05, 0.1) is 34.4 Å². The summed E-state index contributed by atoms with van der Waals surface area (Å²) >= 11 is 2.02. The second-order valence-corrected chi connectivity index (χ2v) is 14.2. The van der Waals surface area contributed by atoms with Crippen LogP contribution in [0.3, 0.4) is 0 Å². The zero-order chi connectivity index (χ0) is 33.9. The molecule has 7 rings (SSSR count). The topological polar surface area (TPSA) is 145 Å². The molecule has 10 nitrogen and oxygen atoms in total. The molecule has 3 N–H and O–H groups in total. The third-order valence-corrected chi connectivity index (χ3v) is 11.4. The Morgan fingerprint density at radius 2 is 1.27 bits per heavy atom. The van der Waals surface area contributed by atoms with Crippen molar-refractivity contribution in [3.05, 3.63) is 92.6 Å². The number of likely N-dealkylation sites (tertiary alicyclic amines) is 2. The van der Waals surface area contributed by atoms with Gasteiger partial charge in [-0.25, -0.2) is 0 Å². The Morgan fingerprint density at radius 3 is 1.83 bits per heavy atom. The van der Waals surface area contributed by atoms with E-state index >= 15 is 0 Å². The van der Waals surface area contributed by atoms with Crippen molar-refractivity contribution in [3.8, 4) is 23.0 Å². The van der Waals surface area contributed by atoms with E-state index in [0.29, 0.717) is 28.4 Å². The highest BCUT2D eigenvalue weighted by Crippen LogP contribution is 2.58. The van der Waals surface area contributed by atoms with E-state index in [4.69, 9.17) is 4.74 Å². The number of methoxy groups -OCH3 is 1. The molecule has 248 valence electrons. The van der Waals surface area contributed by atoms with Crippen molar-refractivity contribution in [1.82, 2.24) is 9.80 Å². The first-order valence-electron chi connectivity index (χ1n) is 16.1. The molecular formula is C37H35IN2O8. The number of phenols is 3. The Labute approximate surface area is 291 Å². The summed E-state index contributed by atoms with van der Waals surface area (Å²) in [5.41, 5.74) is 3.35. The van der Waals surface area contributed by atoms with Crippen LogP contribution in [0.25, 0.3) is 0 Å². The highest BCUT2D eigenvalue weighted by Gasteiger charge is 2.61. The Bertz CT molecular complexity index is 1840. The molecule has 0 bridgehead atoms. The number of amides is 4. The summed E-state index contributed by atoms with van der Waals surface area (Å²) < 4.78 is 6.01. The van der Waals surface area contributed by atoms with E-state index in [9.17, 15) is 34.5 Å². The maximum absolute atomic E-state index is 14.2. The minimum absolute atomic E-state index is 0.0198. The van der Waals surface area contributed by atoms with Crippen LogP contribution in [0.15, 0.2) is 72.3 Å². The molecule has 0 unspecified atom stereocenters. The molecule has 11 heteroatoms. The van der Waals surface area contributed by atoms with Crippen LogP contribution >= 0.6 is 22.6 Å². The summed E-state index contributed by atoms with van der Waals surface area (Å²) in [6, 6.07) is 16.8. The number of halogens is 1. The molecule has 3 aromatic rings. The Balaban J connectivity index is 1.23. The van der Waals surface area contributed by atoms with E-state index in [1.54, 1.807) is 60.7 Å². The number of hydrogen-bond acceptors (Lipinski definition) is 8. The highest BCUT2D eigenvalue weighted by atomic mass is 127. The van der Waals surface area contributed by atoms with Gasteiger partial charge in [-0.1, -0.05) is 35.9 Å². The van der Waals surface area contributed by atoms with Crippen molar-refractivity contribution in [2.45, 2.75) is 31.6 Å². The average molecular weight is 763 g/mol. The minimum Gasteiger partial charge on any atom is -0.508 e. The standard InChI is InChI=1S/C37H35IN2O8/c1-48-29-17-21(16-28(38)33(29)43)30-24-10-11-25-31(36(46)39(34(25)44)14-12-19-2-6-22(41)7-3-19)26(24)18-27-32(30)37(47)40(35(27)45)15-13-20-4-8-23(42)9-5-20/h2-10,16-17,25-27,30-32,41-43H,11-15,18H2,1H3/t25-,26+,27+,30-,31-,32+/m0/s1. The van der Waals surface area contributed by atoms with Crippen molar-refractivity contribution in [1.29, 1.82) is 0 Å². The minimum atomic E-state index is -0.709. The number of ether oxygens (including phenoxy) is 1. The number of benzene rings is 3. The molecule has 0 radical (unpaired) electrons. The molecule has 3 fully saturated rings. The number of nitrogens with zero attached hydrogens (tertiary/aromatic N) is 2. The fourth-order valence-corrected chi connectivity index (χ4v) is 8.90. The quantitative estimate of drug-likeness (QED) is 0.173. The number of carbonyl (C=O) groups excluding carboxylic acids is 4. The van der Waals surface area contributed by atoms with Gasteiger partial charge in [0.1, 0.15) is 11.5 Å². The predicted molar refractivity (Wildman–Crippen MR) is 182 cm³/mol. The van der Waals surface area contributed by atoms with Crippen LogP contribution in [-0.4, -0.2) is 68.9 Å². The molecule has 2 saturated heterocycles. The van der Waals surface area contributed by atoms with Gasteiger partial charge in [0.25, 0.3) is 0 Å². The van der Waals surface area contributed by atoms with Crippen molar-refractivity contribution in [3.63, 3.8) is 0 Å². The molecule has 6 atom stereocenters. The van der Waals surface area contributed by atoms with Gasteiger partial charge in [0.2, 0.25) is 23.6 Å². The summed E-state index contributed by atoms with van der Waals surface area (Å²) in [6.07, 6.45) is 3.51. The first kappa shape index (κ1) is 32.2. The van der Waals surface area contributed by atoms with Crippen molar-refractivity contribution in [2.75, 3.05) is 20.2 Å². The largest absolute Gasteiger partial charge is 0.508 e. The number of rotatable bonds is 8. The van der Waals surface area contributed by atoms with E-state index in [1.165, 1.54) is 16.9 Å². The number of phenolic OH excluding ortho intramolecular Hbond substituents is 3. The van der Waals surface area contributed by atoms with Gasteiger partial charge in [-0.05, 0) is 107 Å². The lowest BCUT2D eigenvalue weighted by atomic mass is 9.57. The van der Waals surface area contributed by atoms with E-state index in [0.717, 1.165) is 16.7 Å². The smallest absolute Gasteiger partial charge is 0.234 e. The summed E-state index contributed by atoms with van der Waals surface area (Å²) in [7, 11) is 1.46. The van der Waals surface area contributed by atoms with E-state index in [2.05, 4.69) is 0 Å². The molecule has 2 aliphatic carbocycles. The van der Waals surface area contributed by atoms with Crippen LogP contribution in [0.5, 0.6) is 23.0 Å². The molecule has 0 aromatic heterocycles. The van der Waals surface area contributed by atoms with E-state index in [1.807, 2.05) is 28.7 Å². The lowest BCUT2D eigenvalue weighted by molar-refractivity contribution is -0.142. The van der Waals surface area contributed by atoms with Crippen LogP contribution in [0.2, 0.25) is 0 Å². The third kappa shape index (κ3) is 5.41. The van der Waals surface area contributed by atoms with E-state index in [-0.39, 0.29) is 66.1 Å². The van der Waals surface area contributed by atoms with Crippen molar-refractivity contribution >= 4 is 46.2 Å². The maximum atomic E-state index is 14.2. The fraction of sp³-hybridized carbons (Fsp3) is 0.351. The summed E-state index contributed by atoms with van der Waals surface area (Å²) in [6.45, 7) is 0.388. The fourth-order valence-electron chi connectivity index (χ4n) is 8.27. The van der Waals surface area contributed by atoms with Crippen molar-refractivity contribution in [2.24, 2.45) is 29.6 Å². The SMILES string of the molecule is COc1cc([C@H]2C3=CC[C@@H]4C(=O)N(CCc5ccc(O)cc5)C(=O)[C@@H]4[C@@H]3C[C@H]3C(=O)N(CCc4ccc(O)cc4)C(=O)[C@@H]23)cc(I)c1O. The van der Waals surface area contributed by atoms with Gasteiger partial charge < -0.3 is 20.1 Å². The molecular weight excluding hydrogens is 727 g/mol. The molecule has 4 aliphatic rings. The highest BCUT2D eigenvalue weighted by molar-refractivity contribution is 14.1. The Hall–Kier alpha value is -4.39. The van der Waals surface area contributed by atoms with Crippen LogP contribution < -0.4 is 4.74 Å². The summed E-state index contributed by atoms with van der Waals surface area (Å²) in [5.74, 6) is -4.09. The van der Waals surface area contributed by atoms with Gasteiger partial charge >= 0.3 is 0 Å². The van der Waals surface area contributed by atoms with Gasteiger partial charge in [-0.15, -0.1) is 0 Å². The lowest BCUT2D eigenvalue weighted by Gasteiger charge is -2.44. The number of allylic oxidation sites excluding steroid dienone is 2. The molecule has 1 saturated carbocycles. The normalized spacial score (nSPS) is 26.3. The molecule has 2 heterocycles. The number of aromatic hydroxyl groups is 3. The lowest BCUT2D eigenvalue weighted by Crippen LogP contribution is -2.43. The number of hydrogen-bond donors (Lipinski definition) is 3. The van der Waals surface area contributed by atoms with Crippen LogP contribution in [0.4, 0.5) is 0 Å². The predicted octanol–water partition coefficient (Wildman–Crippen LogP) is 4.54. The third-order valence-electron chi connectivity index (χ3n) is 10.6. The molecule has 0 spiro atoms. The Kier molecular flexibility index (Phi) is 8.42. The number of fused-ring (bicyclic) bond motifs is 4. The summed E-state index contributed by atoms with van der Waals surface area (Å²) in [4.78, 5) is 58.8. The van der Waals surface area contributed by atoms with Gasteiger partial charge in [0, 0.05) is 19.0 Å². The second-order valence-electron chi connectivity index (χ2n) is 13.1. The molecule has 4 amide bonds. The monoisotopic (exact) mass is 762 g/mol. The van der Waals surface area contributed by atoms with Gasteiger partial charge in [-0.3, -0.25) is 29.0 Å². The summed E-state index contributed by atoms with van der Waals surface area (Å²) in [5, 5.41) is 30.0. The second kappa shape index (κ2) is 12.6. The number of carbonyl (C=O) groups is 4. The zero-order valence-corrected chi connectivity index (χ0v) is 28.4. The van der Waals surface area contributed by atoms with Crippen LogP contribution in [0, 0.1) is 33.2 Å². The van der Waals surface area contributed by atoms with Crippen LogP contribution in [0.1, 0.15) is 35.4 Å². The number of imide groups is 2. The Morgan fingerprint density at radius 1 is 0.729 bits per heavy atom. The maximum Gasteiger partial charge on any atom is 0.234 e. The first-order valence-corrected chi connectivity index (χ1v) is 17.2. The molecule has 3 aromatic carbocycles. The van der Waals surface area contributed by atoms with Crippen molar-refractivity contribution < 1.29 is 39.2 Å².